The number of carboxylic acids is 1. The van der Waals surface area contributed by atoms with Gasteiger partial charge in [-0.2, -0.15) is 0 Å². The Morgan fingerprint density at radius 2 is 2.22 bits per heavy atom. The molecule has 0 spiro atoms. The van der Waals surface area contributed by atoms with Gasteiger partial charge in [0.05, 0.1) is 16.3 Å². The van der Waals surface area contributed by atoms with E-state index >= 15 is 0 Å². The zero-order valence-corrected chi connectivity index (χ0v) is 12.3. The van der Waals surface area contributed by atoms with Gasteiger partial charge in [0.2, 0.25) is 0 Å². The molecule has 0 radical (unpaired) electrons. The highest BCUT2D eigenvalue weighted by molar-refractivity contribution is 9.10. The quantitative estimate of drug-likeness (QED) is 0.858. The van der Waals surface area contributed by atoms with Gasteiger partial charge in [-0.3, -0.25) is 0 Å². The molecule has 3 nitrogen and oxygen atoms in total. The molecule has 0 fully saturated rings. The number of halogens is 2. The highest BCUT2D eigenvalue weighted by Crippen LogP contribution is 2.25. The largest absolute Gasteiger partial charge is 0.478 e. The number of carbonyl (C=O) groups is 1. The minimum Gasteiger partial charge on any atom is -0.478 e. The van der Waals surface area contributed by atoms with Gasteiger partial charge in [-0.1, -0.05) is 11.6 Å². The van der Waals surface area contributed by atoms with E-state index in [0.29, 0.717) is 11.6 Å². The van der Waals surface area contributed by atoms with Crippen LogP contribution in [0.15, 0.2) is 34.1 Å². The Bertz CT molecular complexity index is 585. The molecule has 0 aliphatic carbocycles. The molecule has 1 aromatic heterocycles. The van der Waals surface area contributed by atoms with Crippen molar-refractivity contribution in [2.24, 2.45) is 0 Å². The Morgan fingerprint density at radius 1 is 1.44 bits per heavy atom. The molecule has 0 aliphatic rings. The monoisotopic (exact) mass is 345 g/mol. The van der Waals surface area contributed by atoms with Crippen LogP contribution in [-0.4, -0.2) is 11.1 Å². The number of benzene rings is 1. The van der Waals surface area contributed by atoms with Crippen molar-refractivity contribution >= 4 is 50.5 Å². The Hall–Kier alpha value is -1.04. The van der Waals surface area contributed by atoms with Crippen LogP contribution < -0.4 is 5.32 Å². The number of thiophene rings is 1. The minimum atomic E-state index is -0.981. The van der Waals surface area contributed by atoms with Crippen molar-refractivity contribution in [1.82, 2.24) is 0 Å². The van der Waals surface area contributed by atoms with Crippen LogP contribution >= 0.6 is 38.9 Å². The second kappa shape index (κ2) is 5.73. The molecule has 1 heterocycles. The molecular weight excluding hydrogens is 338 g/mol. The third-order valence-electron chi connectivity index (χ3n) is 2.29. The second-order valence-corrected chi connectivity index (χ2v) is 5.90. The number of rotatable bonds is 4. The number of hydrogen-bond donors (Lipinski definition) is 2. The summed E-state index contributed by atoms with van der Waals surface area (Å²) in [4.78, 5) is 11.9. The second-order valence-electron chi connectivity index (χ2n) is 3.58. The van der Waals surface area contributed by atoms with E-state index < -0.39 is 5.97 Å². The Balaban J connectivity index is 2.08. The molecule has 0 saturated heterocycles. The number of anilines is 1. The van der Waals surface area contributed by atoms with E-state index in [1.165, 1.54) is 17.0 Å². The van der Waals surface area contributed by atoms with Gasteiger partial charge in [-0.05, 0) is 40.2 Å². The van der Waals surface area contributed by atoms with Crippen LogP contribution in [0.5, 0.6) is 0 Å². The summed E-state index contributed by atoms with van der Waals surface area (Å²) < 4.78 is 1.05. The fraction of sp³-hybridized carbons (Fsp3) is 0.0833. The van der Waals surface area contributed by atoms with Crippen LogP contribution in [0, 0.1) is 0 Å². The zero-order chi connectivity index (χ0) is 13.1. The van der Waals surface area contributed by atoms with E-state index in [0.717, 1.165) is 10.2 Å². The average Bonchev–Trinajstić information content (AvgIpc) is 2.73. The van der Waals surface area contributed by atoms with Gasteiger partial charge in [-0.15, -0.1) is 11.3 Å². The van der Waals surface area contributed by atoms with E-state index in [1.807, 2.05) is 11.4 Å². The normalized spacial score (nSPS) is 10.3. The van der Waals surface area contributed by atoms with Crippen molar-refractivity contribution in [3.05, 3.63) is 49.6 Å². The predicted molar refractivity (Wildman–Crippen MR) is 77.8 cm³/mol. The molecule has 2 rings (SSSR count). The van der Waals surface area contributed by atoms with Crippen LogP contribution in [0.25, 0.3) is 0 Å². The lowest BCUT2D eigenvalue weighted by Crippen LogP contribution is -2.00. The highest BCUT2D eigenvalue weighted by Gasteiger charge is 2.07. The molecule has 1 aromatic carbocycles. The van der Waals surface area contributed by atoms with E-state index in [9.17, 15) is 4.79 Å². The SMILES string of the molecule is O=C(O)c1ccc(NCc2cc(Br)cs2)c(Cl)c1. The van der Waals surface area contributed by atoms with Gasteiger partial charge in [0.15, 0.2) is 0 Å². The lowest BCUT2D eigenvalue weighted by molar-refractivity contribution is 0.0697. The van der Waals surface area contributed by atoms with Crippen molar-refractivity contribution in [3.63, 3.8) is 0 Å². The topological polar surface area (TPSA) is 49.3 Å². The standard InChI is InChI=1S/C12H9BrClNO2S/c13-8-4-9(18-6-8)5-15-11-2-1-7(12(16)17)3-10(11)14/h1-4,6,15H,5H2,(H,16,17). The summed E-state index contributed by atoms with van der Waals surface area (Å²) in [5, 5.41) is 14.4. The zero-order valence-electron chi connectivity index (χ0n) is 9.11. The highest BCUT2D eigenvalue weighted by atomic mass is 79.9. The first kappa shape index (κ1) is 13.4. The summed E-state index contributed by atoms with van der Waals surface area (Å²) in [5.74, 6) is -0.981. The summed E-state index contributed by atoms with van der Waals surface area (Å²) in [7, 11) is 0. The van der Waals surface area contributed by atoms with Crippen LogP contribution in [0.2, 0.25) is 5.02 Å². The number of hydrogen-bond acceptors (Lipinski definition) is 3. The van der Waals surface area contributed by atoms with E-state index in [1.54, 1.807) is 17.4 Å². The molecule has 0 saturated carbocycles. The van der Waals surface area contributed by atoms with Gasteiger partial charge in [-0.25, -0.2) is 4.79 Å². The first-order chi connectivity index (χ1) is 8.56. The summed E-state index contributed by atoms with van der Waals surface area (Å²) in [6.45, 7) is 0.655. The molecule has 0 aliphatic heterocycles. The summed E-state index contributed by atoms with van der Waals surface area (Å²) >= 11 is 11.0. The third kappa shape index (κ3) is 3.25. The molecule has 0 atom stereocenters. The summed E-state index contributed by atoms with van der Waals surface area (Å²) in [5.41, 5.74) is 0.913. The maximum Gasteiger partial charge on any atom is 0.335 e. The molecule has 6 heteroatoms. The fourth-order valence-corrected chi connectivity index (χ4v) is 3.06. The van der Waals surface area contributed by atoms with Crippen molar-refractivity contribution in [1.29, 1.82) is 0 Å². The third-order valence-corrected chi connectivity index (χ3v) is 4.30. The maximum absolute atomic E-state index is 10.8. The van der Waals surface area contributed by atoms with Crippen molar-refractivity contribution < 1.29 is 9.90 Å². The smallest absolute Gasteiger partial charge is 0.335 e. The van der Waals surface area contributed by atoms with Crippen LogP contribution in [-0.2, 0) is 6.54 Å². The van der Waals surface area contributed by atoms with Crippen LogP contribution in [0.3, 0.4) is 0 Å². The lowest BCUT2D eigenvalue weighted by atomic mass is 10.2. The van der Waals surface area contributed by atoms with E-state index in [4.69, 9.17) is 16.7 Å². The van der Waals surface area contributed by atoms with Gasteiger partial charge in [0.1, 0.15) is 0 Å². The van der Waals surface area contributed by atoms with Crippen LogP contribution in [0.4, 0.5) is 5.69 Å². The minimum absolute atomic E-state index is 0.185. The Labute approximate surface area is 122 Å². The van der Waals surface area contributed by atoms with Crippen LogP contribution in [0.1, 0.15) is 15.2 Å². The number of nitrogens with one attached hydrogen (secondary N) is 1. The maximum atomic E-state index is 10.8. The molecule has 2 aromatic rings. The Morgan fingerprint density at radius 3 is 2.78 bits per heavy atom. The van der Waals surface area contributed by atoms with Gasteiger partial charge < -0.3 is 10.4 Å². The van der Waals surface area contributed by atoms with Gasteiger partial charge in [0.25, 0.3) is 0 Å². The van der Waals surface area contributed by atoms with E-state index in [-0.39, 0.29) is 5.56 Å². The molecule has 0 unspecified atom stereocenters. The predicted octanol–water partition coefficient (Wildman–Crippen LogP) is 4.47. The molecule has 0 bridgehead atoms. The van der Waals surface area contributed by atoms with Gasteiger partial charge >= 0.3 is 5.97 Å². The summed E-state index contributed by atoms with van der Waals surface area (Å²) in [6, 6.07) is 6.67. The van der Waals surface area contributed by atoms with E-state index in [2.05, 4.69) is 21.2 Å². The first-order valence-electron chi connectivity index (χ1n) is 5.06. The van der Waals surface area contributed by atoms with Gasteiger partial charge in [0, 0.05) is 21.3 Å². The molecular formula is C12H9BrClNO2S. The fourth-order valence-electron chi connectivity index (χ4n) is 1.42. The molecule has 94 valence electrons. The molecule has 0 amide bonds. The van der Waals surface area contributed by atoms with Crippen molar-refractivity contribution in [2.75, 3.05) is 5.32 Å². The average molecular weight is 347 g/mol. The van der Waals surface area contributed by atoms with Crippen molar-refractivity contribution in [3.8, 4) is 0 Å². The first-order valence-corrected chi connectivity index (χ1v) is 7.11. The molecule has 2 N–H and O–H groups in total. The molecule has 18 heavy (non-hydrogen) atoms. The Kier molecular flexibility index (Phi) is 4.27. The summed E-state index contributed by atoms with van der Waals surface area (Å²) in [6.07, 6.45) is 0. The number of carboxylic acid groups (broad SMARTS) is 1. The lowest BCUT2D eigenvalue weighted by Gasteiger charge is -2.07. The van der Waals surface area contributed by atoms with Crippen molar-refractivity contribution in [2.45, 2.75) is 6.54 Å². The number of aromatic carboxylic acids is 1.